The van der Waals surface area contributed by atoms with Crippen LogP contribution in [0.2, 0.25) is 0 Å². The zero-order valence-electron chi connectivity index (χ0n) is 10.6. The first-order chi connectivity index (χ1) is 8.88. The molecule has 2 nitrogen and oxygen atoms in total. The molecule has 1 fully saturated rings. The molecule has 1 saturated carbocycles. The Labute approximate surface area is 109 Å². The summed E-state index contributed by atoms with van der Waals surface area (Å²) in [5.41, 5.74) is 2.04. The summed E-state index contributed by atoms with van der Waals surface area (Å²) >= 11 is 0. The Balaban J connectivity index is 1.86. The quantitative estimate of drug-likeness (QED) is 0.630. The van der Waals surface area contributed by atoms with E-state index < -0.39 is 0 Å². The van der Waals surface area contributed by atoms with E-state index in [9.17, 15) is 0 Å². The highest BCUT2D eigenvalue weighted by Gasteiger charge is 2.09. The summed E-state index contributed by atoms with van der Waals surface area (Å²) in [5, 5.41) is 11.7. The van der Waals surface area contributed by atoms with Crippen LogP contribution >= 0.6 is 0 Å². The summed E-state index contributed by atoms with van der Waals surface area (Å²) in [7, 11) is 0. The fraction of sp³-hybridized carbons (Fsp3) is 0.438. The Morgan fingerprint density at radius 2 is 1.83 bits per heavy atom. The van der Waals surface area contributed by atoms with Gasteiger partial charge in [-0.1, -0.05) is 37.3 Å². The predicted octanol–water partition coefficient (Wildman–Crippen LogP) is 3.71. The summed E-state index contributed by atoms with van der Waals surface area (Å²) in [4.78, 5) is 0. The standard InChI is InChI=1S/C16H18N2/c17-12-10-15-6-8-16(9-7-15)18-13-11-14-4-2-1-3-5-14/h6-9,14,18H,1-5,10H2. The normalized spacial score (nSPS) is 15.3. The SMILES string of the molecule is N#CCc1ccc(NC#CC2CCCCC2)cc1. The second kappa shape index (κ2) is 6.72. The van der Waals surface area contributed by atoms with Crippen molar-refractivity contribution in [3.8, 4) is 18.0 Å². The van der Waals surface area contributed by atoms with Crippen LogP contribution in [0.4, 0.5) is 5.69 Å². The minimum atomic E-state index is 0.466. The molecule has 0 radical (unpaired) electrons. The molecule has 1 N–H and O–H groups in total. The summed E-state index contributed by atoms with van der Waals surface area (Å²) in [6.45, 7) is 0. The van der Waals surface area contributed by atoms with Crippen LogP contribution in [0.1, 0.15) is 37.7 Å². The number of rotatable bonds is 2. The number of nitriles is 1. The third kappa shape index (κ3) is 3.82. The maximum atomic E-state index is 8.59. The van der Waals surface area contributed by atoms with E-state index in [1.54, 1.807) is 0 Å². The zero-order chi connectivity index (χ0) is 12.6. The molecule has 0 unspecified atom stereocenters. The first kappa shape index (κ1) is 12.5. The van der Waals surface area contributed by atoms with Gasteiger partial charge in [-0.25, -0.2) is 0 Å². The highest BCUT2D eigenvalue weighted by molar-refractivity contribution is 5.49. The zero-order valence-corrected chi connectivity index (χ0v) is 10.6. The maximum absolute atomic E-state index is 8.59. The van der Waals surface area contributed by atoms with E-state index in [4.69, 9.17) is 5.26 Å². The van der Waals surface area contributed by atoms with Crippen LogP contribution in [0, 0.1) is 29.2 Å². The molecular weight excluding hydrogens is 220 g/mol. The van der Waals surface area contributed by atoms with E-state index in [0.717, 1.165) is 11.3 Å². The van der Waals surface area contributed by atoms with E-state index in [1.165, 1.54) is 32.1 Å². The molecule has 1 aromatic carbocycles. The van der Waals surface area contributed by atoms with Gasteiger partial charge in [0.1, 0.15) is 0 Å². The van der Waals surface area contributed by atoms with Crippen LogP contribution in [0.5, 0.6) is 0 Å². The monoisotopic (exact) mass is 238 g/mol. The van der Waals surface area contributed by atoms with E-state index in [2.05, 4.69) is 23.4 Å². The van der Waals surface area contributed by atoms with Gasteiger partial charge < -0.3 is 5.32 Å². The van der Waals surface area contributed by atoms with Crippen molar-refractivity contribution >= 4 is 5.69 Å². The minimum absolute atomic E-state index is 0.466. The van der Waals surface area contributed by atoms with Gasteiger partial charge in [-0.05, 0) is 30.5 Å². The second-order valence-corrected chi connectivity index (χ2v) is 4.76. The van der Waals surface area contributed by atoms with E-state index in [0.29, 0.717) is 12.3 Å². The molecule has 0 aliphatic heterocycles. The van der Waals surface area contributed by atoms with Crippen molar-refractivity contribution in [3.05, 3.63) is 29.8 Å². The van der Waals surface area contributed by atoms with Gasteiger partial charge in [0.25, 0.3) is 0 Å². The lowest BCUT2D eigenvalue weighted by atomic mass is 9.90. The van der Waals surface area contributed by atoms with Gasteiger partial charge in [-0.3, -0.25) is 0 Å². The average Bonchev–Trinajstić information content (AvgIpc) is 2.42. The third-order valence-corrected chi connectivity index (χ3v) is 3.33. The minimum Gasteiger partial charge on any atom is -0.315 e. The van der Waals surface area contributed by atoms with Crippen LogP contribution < -0.4 is 5.32 Å². The largest absolute Gasteiger partial charge is 0.315 e. The second-order valence-electron chi connectivity index (χ2n) is 4.76. The van der Waals surface area contributed by atoms with Crippen LogP contribution in [0.3, 0.4) is 0 Å². The molecule has 0 saturated heterocycles. The van der Waals surface area contributed by atoms with Crippen molar-refractivity contribution in [2.45, 2.75) is 38.5 Å². The molecule has 1 aliphatic rings. The van der Waals surface area contributed by atoms with Gasteiger partial charge in [-0.2, -0.15) is 5.26 Å². The molecule has 92 valence electrons. The number of anilines is 1. The molecule has 1 aliphatic carbocycles. The van der Waals surface area contributed by atoms with E-state index in [-0.39, 0.29) is 0 Å². The van der Waals surface area contributed by atoms with Gasteiger partial charge in [0, 0.05) is 17.6 Å². The number of nitrogens with zero attached hydrogens (tertiary/aromatic N) is 1. The van der Waals surface area contributed by atoms with Crippen molar-refractivity contribution in [3.63, 3.8) is 0 Å². The number of benzene rings is 1. The molecule has 0 aromatic heterocycles. The summed E-state index contributed by atoms with van der Waals surface area (Å²) in [5.74, 6) is 3.87. The molecule has 0 heterocycles. The Kier molecular flexibility index (Phi) is 4.68. The highest BCUT2D eigenvalue weighted by atomic mass is 14.8. The van der Waals surface area contributed by atoms with Crippen molar-refractivity contribution in [1.82, 2.24) is 0 Å². The molecule has 0 bridgehead atoms. The third-order valence-electron chi connectivity index (χ3n) is 3.33. The van der Waals surface area contributed by atoms with Crippen LogP contribution in [-0.4, -0.2) is 0 Å². The summed E-state index contributed by atoms with van der Waals surface area (Å²) in [6.07, 6.45) is 6.97. The Morgan fingerprint density at radius 3 is 2.50 bits per heavy atom. The van der Waals surface area contributed by atoms with E-state index >= 15 is 0 Å². The van der Waals surface area contributed by atoms with Crippen molar-refractivity contribution < 1.29 is 0 Å². The van der Waals surface area contributed by atoms with Gasteiger partial charge in [-0.15, -0.1) is 0 Å². The van der Waals surface area contributed by atoms with Gasteiger partial charge >= 0.3 is 0 Å². The molecular formula is C16H18N2. The Bertz CT molecular complexity index is 465. The Morgan fingerprint density at radius 1 is 1.11 bits per heavy atom. The maximum Gasteiger partial charge on any atom is 0.0669 e. The summed E-state index contributed by atoms with van der Waals surface area (Å²) in [6, 6.07) is 13.1. The molecule has 18 heavy (non-hydrogen) atoms. The molecule has 1 aromatic rings. The van der Waals surface area contributed by atoms with Crippen LogP contribution in [-0.2, 0) is 6.42 Å². The van der Waals surface area contributed by atoms with E-state index in [1.807, 2.05) is 24.3 Å². The molecule has 0 amide bonds. The van der Waals surface area contributed by atoms with Crippen molar-refractivity contribution in [2.75, 3.05) is 5.32 Å². The fourth-order valence-electron chi connectivity index (χ4n) is 2.25. The predicted molar refractivity (Wildman–Crippen MR) is 73.7 cm³/mol. The highest BCUT2D eigenvalue weighted by Crippen LogP contribution is 2.22. The van der Waals surface area contributed by atoms with Gasteiger partial charge in [0.2, 0.25) is 0 Å². The summed E-state index contributed by atoms with van der Waals surface area (Å²) < 4.78 is 0. The molecule has 2 heteroatoms. The Hall–Kier alpha value is -1.93. The van der Waals surface area contributed by atoms with Crippen LogP contribution in [0.25, 0.3) is 0 Å². The van der Waals surface area contributed by atoms with Gasteiger partial charge in [0.15, 0.2) is 0 Å². The first-order valence-corrected chi connectivity index (χ1v) is 6.61. The fourth-order valence-corrected chi connectivity index (χ4v) is 2.25. The first-order valence-electron chi connectivity index (χ1n) is 6.61. The van der Waals surface area contributed by atoms with Gasteiger partial charge in [0.05, 0.1) is 12.5 Å². The topological polar surface area (TPSA) is 35.8 Å². The molecule has 0 spiro atoms. The number of nitrogens with one attached hydrogen (secondary N) is 1. The van der Waals surface area contributed by atoms with Crippen molar-refractivity contribution in [1.29, 1.82) is 5.26 Å². The average molecular weight is 238 g/mol. The lowest BCUT2D eigenvalue weighted by molar-refractivity contribution is 0.430. The molecule has 0 atom stereocenters. The van der Waals surface area contributed by atoms with Crippen LogP contribution in [0.15, 0.2) is 24.3 Å². The lowest BCUT2D eigenvalue weighted by Gasteiger charge is -2.15. The smallest absolute Gasteiger partial charge is 0.0669 e. The lowest BCUT2D eigenvalue weighted by Crippen LogP contribution is -2.03. The number of hydrogen-bond acceptors (Lipinski definition) is 2. The molecule has 2 rings (SSSR count). The number of hydrogen-bond donors (Lipinski definition) is 1. The van der Waals surface area contributed by atoms with Crippen molar-refractivity contribution in [2.24, 2.45) is 5.92 Å².